The SMILES string of the molecule is C=CCN1C(=O)[C@@]2(O[C@@H](CC(=O)N3Cc4ccccc4C[C@H]3CO)[C@H]([Si](C)(C)F)[C@H]2C)c2cc(NC(=O)[C@H]3O[C@@H](O)[C@H](O)[C@@H](O)[C@@H]3O)ccc21. The predicted octanol–water partition coefficient (Wildman–Crippen LogP) is 1.07. The molecule has 1 spiro atoms. The van der Waals surface area contributed by atoms with Crippen LogP contribution in [-0.2, 0) is 42.4 Å². The third-order valence-corrected chi connectivity index (χ3v) is 13.1. The highest BCUT2D eigenvalue weighted by atomic mass is 28.4. The molecule has 0 unspecified atom stereocenters. The lowest BCUT2D eigenvalue weighted by Crippen LogP contribution is -2.60. The van der Waals surface area contributed by atoms with E-state index < -0.39 is 80.1 Å². The fraction of sp³-hybridized carbons (Fsp3) is 0.514. The molecule has 3 amide bonds. The zero-order valence-electron chi connectivity index (χ0n) is 28.1. The molecule has 4 aliphatic rings. The fourth-order valence-corrected chi connectivity index (χ4v) is 10.8. The van der Waals surface area contributed by atoms with Crippen LogP contribution in [0, 0.1) is 5.92 Å². The number of nitrogens with one attached hydrogen (secondary N) is 1. The van der Waals surface area contributed by atoms with Crippen LogP contribution in [0.15, 0.2) is 55.1 Å². The van der Waals surface area contributed by atoms with Crippen LogP contribution in [0.3, 0.4) is 0 Å². The molecule has 50 heavy (non-hydrogen) atoms. The van der Waals surface area contributed by atoms with E-state index in [2.05, 4.69) is 11.9 Å². The molecule has 0 bridgehead atoms. The number of fused-ring (bicyclic) bond motifs is 3. The van der Waals surface area contributed by atoms with E-state index in [4.69, 9.17) is 9.47 Å². The Hall–Kier alpha value is -3.54. The van der Waals surface area contributed by atoms with Crippen LogP contribution in [0.2, 0.25) is 18.6 Å². The van der Waals surface area contributed by atoms with Gasteiger partial charge >= 0.3 is 0 Å². The number of aliphatic hydroxyl groups excluding tert-OH is 5. The molecule has 10 atom stereocenters. The van der Waals surface area contributed by atoms with Gasteiger partial charge in [0.1, 0.15) is 18.3 Å². The summed E-state index contributed by atoms with van der Waals surface area (Å²) >= 11 is 0. The first-order chi connectivity index (χ1) is 23.6. The molecule has 2 fully saturated rings. The van der Waals surface area contributed by atoms with E-state index in [1.54, 1.807) is 24.0 Å². The minimum absolute atomic E-state index is 0.103. The molecule has 2 aromatic carbocycles. The van der Waals surface area contributed by atoms with E-state index >= 15 is 4.11 Å². The maximum atomic E-state index is 16.4. The van der Waals surface area contributed by atoms with Crippen molar-refractivity contribution in [2.75, 3.05) is 23.4 Å². The van der Waals surface area contributed by atoms with Crippen molar-refractivity contribution >= 4 is 37.5 Å². The molecule has 6 N–H and O–H groups in total. The summed E-state index contributed by atoms with van der Waals surface area (Å²) in [4.78, 5) is 44.7. The van der Waals surface area contributed by atoms with E-state index in [0.29, 0.717) is 17.7 Å². The normalized spacial score (nSPS) is 33.7. The van der Waals surface area contributed by atoms with Crippen molar-refractivity contribution in [2.24, 2.45) is 5.92 Å². The first kappa shape index (κ1) is 36.3. The van der Waals surface area contributed by atoms with E-state index in [0.717, 1.165) is 11.1 Å². The third kappa shape index (κ3) is 5.98. The number of amides is 3. The number of benzene rings is 2. The van der Waals surface area contributed by atoms with Gasteiger partial charge in [-0.3, -0.25) is 14.4 Å². The molecule has 4 aliphatic heterocycles. The van der Waals surface area contributed by atoms with Crippen molar-refractivity contribution in [3.63, 3.8) is 0 Å². The van der Waals surface area contributed by atoms with Gasteiger partial charge in [0.15, 0.2) is 18.0 Å². The summed E-state index contributed by atoms with van der Waals surface area (Å²) in [5.74, 6) is -2.48. The summed E-state index contributed by atoms with van der Waals surface area (Å²) in [6, 6.07) is 11.8. The number of carbonyl (C=O) groups excluding carboxylic acids is 3. The maximum absolute atomic E-state index is 16.4. The van der Waals surface area contributed by atoms with Crippen LogP contribution in [-0.4, -0.2) is 113 Å². The lowest BCUT2D eigenvalue weighted by Gasteiger charge is -2.37. The van der Waals surface area contributed by atoms with Gasteiger partial charge in [0.25, 0.3) is 11.8 Å². The number of halogens is 1. The second-order valence-corrected chi connectivity index (χ2v) is 17.9. The van der Waals surface area contributed by atoms with Crippen molar-refractivity contribution in [2.45, 2.75) is 93.4 Å². The van der Waals surface area contributed by atoms with Gasteiger partial charge in [-0.2, -0.15) is 0 Å². The van der Waals surface area contributed by atoms with Crippen LogP contribution in [0.5, 0.6) is 0 Å². The van der Waals surface area contributed by atoms with Crippen LogP contribution in [0.4, 0.5) is 15.5 Å². The molecule has 13 nitrogen and oxygen atoms in total. The van der Waals surface area contributed by atoms with Gasteiger partial charge in [0.2, 0.25) is 14.3 Å². The summed E-state index contributed by atoms with van der Waals surface area (Å²) in [7, 11) is -3.64. The molecule has 0 saturated carbocycles. The molecule has 0 aromatic heterocycles. The predicted molar refractivity (Wildman–Crippen MR) is 181 cm³/mol. The molecule has 15 heteroatoms. The molecular formula is C35H44FN3O10Si. The van der Waals surface area contributed by atoms with Gasteiger partial charge < -0.3 is 54.2 Å². The summed E-state index contributed by atoms with van der Waals surface area (Å²) in [6.45, 7) is 8.69. The monoisotopic (exact) mass is 713 g/mol. The molecular weight excluding hydrogens is 669 g/mol. The van der Waals surface area contributed by atoms with Crippen LogP contribution in [0.1, 0.15) is 30.0 Å². The molecule has 6 rings (SSSR count). The van der Waals surface area contributed by atoms with E-state index in [9.17, 15) is 39.9 Å². The van der Waals surface area contributed by atoms with Crippen molar-refractivity contribution in [3.05, 3.63) is 71.8 Å². The summed E-state index contributed by atoms with van der Waals surface area (Å²) < 4.78 is 28.2. The third-order valence-electron chi connectivity index (χ3n) is 10.6. The largest absolute Gasteiger partial charge is 0.394 e. The minimum Gasteiger partial charge on any atom is -0.394 e. The molecule has 2 saturated heterocycles. The van der Waals surface area contributed by atoms with Gasteiger partial charge in [-0.1, -0.05) is 37.3 Å². The van der Waals surface area contributed by atoms with Crippen LogP contribution >= 0.6 is 0 Å². The van der Waals surface area contributed by atoms with Gasteiger partial charge in [0, 0.05) is 35.8 Å². The van der Waals surface area contributed by atoms with Crippen molar-refractivity contribution in [1.29, 1.82) is 0 Å². The average molecular weight is 714 g/mol. The Labute approximate surface area is 290 Å². The Morgan fingerprint density at radius 2 is 1.80 bits per heavy atom. The van der Waals surface area contributed by atoms with E-state index in [1.165, 1.54) is 30.1 Å². The van der Waals surface area contributed by atoms with Gasteiger partial charge in [-0.15, -0.1) is 6.58 Å². The number of carbonyl (C=O) groups is 3. The van der Waals surface area contributed by atoms with Crippen LogP contribution in [0.25, 0.3) is 0 Å². The zero-order valence-corrected chi connectivity index (χ0v) is 29.1. The van der Waals surface area contributed by atoms with Crippen molar-refractivity contribution in [1.82, 2.24) is 4.90 Å². The quantitative estimate of drug-likeness (QED) is 0.131. The number of hydrogen-bond donors (Lipinski definition) is 6. The fourth-order valence-electron chi connectivity index (χ4n) is 8.26. The highest BCUT2D eigenvalue weighted by Gasteiger charge is 2.67. The summed E-state index contributed by atoms with van der Waals surface area (Å²) in [6.07, 6.45) is -8.40. The Kier molecular flexibility index (Phi) is 9.82. The maximum Gasteiger partial charge on any atom is 0.264 e. The van der Waals surface area contributed by atoms with Crippen LogP contribution < -0.4 is 10.2 Å². The number of rotatable bonds is 8. The Morgan fingerprint density at radius 3 is 2.46 bits per heavy atom. The van der Waals surface area contributed by atoms with Gasteiger partial charge in [-0.25, -0.2) is 0 Å². The highest BCUT2D eigenvalue weighted by molar-refractivity contribution is 6.72. The highest BCUT2D eigenvalue weighted by Crippen LogP contribution is 2.60. The Bertz CT molecular complexity index is 1670. The van der Waals surface area contributed by atoms with Gasteiger partial charge in [-0.05, 0) is 48.8 Å². The average Bonchev–Trinajstić information content (AvgIpc) is 3.50. The van der Waals surface area contributed by atoms with E-state index in [1.807, 2.05) is 24.3 Å². The van der Waals surface area contributed by atoms with Crippen molar-refractivity contribution < 1.29 is 53.5 Å². The molecule has 4 heterocycles. The number of nitrogens with zero attached hydrogens (tertiary/aromatic N) is 2. The standard InChI is InChI=1S/C35H44FN3O10Si/c1-5-12-38-24-11-10-21(37-32(45)30-28(43)27(42)29(44)33(46)48-30)14-23(24)35(34(38)47)18(2)31(50(3,4)36)25(49-35)15-26(41)39-16-20-9-7-6-8-19(20)13-22(39)17-40/h5-11,14,18,22,25,27-31,33,40,42-44,46H,1,12-13,15-17H2,2-4H3,(H,37,45)/t18-,22+,25+,27+,28+,29-,30+,31-,33-,35+/m1/s1. The topological polar surface area (TPSA) is 189 Å². The number of ether oxygens (including phenoxy) is 2. The summed E-state index contributed by atoms with van der Waals surface area (Å²) in [5.41, 5.74) is 0.411. The zero-order chi connectivity index (χ0) is 36.3. The molecule has 0 aliphatic carbocycles. The second kappa shape index (κ2) is 13.5. The summed E-state index contributed by atoms with van der Waals surface area (Å²) in [5, 5.41) is 53.0. The molecule has 2 aromatic rings. The lowest BCUT2D eigenvalue weighted by molar-refractivity contribution is -0.274. The first-order valence-electron chi connectivity index (χ1n) is 16.7. The number of aliphatic hydroxyl groups is 5. The Balaban J connectivity index is 1.33. The number of anilines is 2. The van der Waals surface area contributed by atoms with E-state index in [-0.39, 0.29) is 37.7 Å². The lowest BCUT2D eigenvalue weighted by atomic mass is 9.82. The second-order valence-electron chi connectivity index (χ2n) is 14.2. The molecule has 0 radical (unpaired) electrons. The van der Waals surface area contributed by atoms with Gasteiger partial charge in [0.05, 0.1) is 30.9 Å². The Morgan fingerprint density at radius 1 is 1.10 bits per heavy atom. The van der Waals surface area contributed by atoms with Crippen molar-refractivity contribution in [3.8, 4) is 0 Å². The molecule has 270 valence electrons. The first-order valence-corrected chi connectivity index (χ1v) is 19.7. The number of hydrogen-bond acceptors (Lipinski definition) is 10. The minimum atomic E-state index is -3.64. The smallest absolute Gasteiger partial charge is 0.264 e.